The monoisotopic (exact) mass is 216 g/mol. The lowest BCUT2D eigenvalue weighted by atomic mass is 9.78. The molecule has 2 rings (SSSR count). The van der Waals surface area contributed by atoms with Crippen LogP contribution in [0.1, 0.15) is 48.5 Å². The van der Waals surface area contributed by atoms with Crippen molar-refractivity contribution >= 4 is 5.78 Å². The number of rotatable bonds is 2. The minimum Gasteiger partial charge on any atom is -0.294 e. The van der Waals surface area contributed by atoms with Crippen LogP contribution in [0.15, 0.2) is 24.3 Å². The van der Waals surface area contributed by atoms with Gasteiger partial charge in [0.15, 0.2) is 5.78 Å². The Morgan fingerprint density at radius 2 is 2.00 bits per heavy atom. The van der Waals surface area contributed by atoms with E-state index in [0.29, 0.717) is 11.7 Å². The lowest BCUT2D eigenvalue weighted by Gasteiger charge is -2.26. The molecule has 0 radical (unpaired) electrons. The smallest absolute Gasteiger partial charge is 0.166 e. The number of carbonyl (C=O) groups is 1. The molecule has 1 fully saturated rings. The van der Waals surface area contributed by atoms with Crippen LogP contribution in [0, 0.1) is 18.8 Å². The zero-order chi connectivity index (χ0) is 11.5. The molecule has 1 nitrogen and oxygen atoms in total. The second kappa shape index (κ2) is 4.82. The van der Waals surface area contributed by atoms with Gasteiger partial charge < -0.3 is 0 Å². The van der Waals surface area contributed by atoms with E-state index in [-0.39, 0.29) is 5.92 Å². The molecule has 0 spiro atoms. The number of benzene rings is 1. The molecule has 0 saturated heterocycles. The van der Waals surface area contributed by atoms with Gasteiger partial charge in [0.1, 0.15) is 0 Å². The zero-order valence-corrected chi connectivity index (χ0v) is 10.2. The molecule has 0 aliphatic heterocycles. The van der Waals surface area contributed by atoms with Gasteiger partial charge in [-0.3, -0.25) is 4.79 Å². The maximum absolute atomic E-state index is 12.4. The molecule has 2 atom stereocenters. The van der Waals surface area contributed by atoms with Crippen molar-refractivity contribution < 1.29 is 4.79 Å². The van der Waals surface area contributed by atoms with Crippen LogP contribution >= 0.6 is 0 Å². The molecule has 0 N–H and O–H groups in total. The third-order valence-electron chi connectivity index (χ3n) is 3.72. The fourth-order valence-corrected chi connectivity index (χ4v) is 2.74. The minimum atomic E-state index is 0.268. The predicted molar refractivity (Wildman–Crippen MR) is 66.6 cm³/mol. The van der Waals surface area contributed by atoms with Crippen LogP contribution in [0.5, 0.6) is 0 Å². The van der Waals surface area contributed by atoms with Gasteiger partial charge in [0.05, 0.1) is 0 Å². The molecule has 1 aliphatic carbocycles. The number of carbonyl (C=O) groups excluding carboxylic acids is 1. The summed E-state index contributed by atoms with van der Waals surface area (Å²) in [6.45, 7) is 4.29. The van der Waals surface area contributed by atoms with Gasteiger partial charge in [0.25, 0.3) is 0 Å². The topological polar surface area (TPSA) is 17.1 Å². The molecule has 0 amide bonds. The minimum absolute atomic E-state index is 0.268. The third-order valence-corrected chi connectivity index (χ3v) is 3.72. The normalized spacial score (nSPS) is 25.4. The van der Waals surface area contributed by atoms with Gasteiger partial charge in [0, 0.05) is 11.5 Å². The predicted octanol–water partition coefficient (Wildman–Crippen LogP) is 4.00. The number of ketones is 1. The number of hydrogen-bond donors (Lipinski definition) is 0. The highest BCUT2D eigenvalue weighted by molar-refractivity contribution is 5.99. The van der Waals surface area contributed by atoms with Crippen molar-refractivity contribution in [2.24, 2.45) is 11.8 Å². The molecule has 1 aliphatic rings. The van der Waals surface area contributed by atoms with Crippen molar-refractivity contribution in [1.29, 1.82) is 0 Å². The Hall–Kier alpha value is -1.11. The van der Waals surface area contributed by atoms with Crippen LogP contribution in [0.3, 0.4) is 0 Å². The van der Waals surface area contributed by atoms with Crippen molar-refractivity contribution in [3.63, 3.8) is 0 Å². The summed E-state index contributed by atoms with van der Waals surface area (Å²) in [7, 11) is 0. The maximum Gasteiger partial charge on any atom is 0.166 e. The van der Waals surface area contributed by atoms with Crippen LogP contribution in [-0.4, -0.2) is 5.78 Å². The SMILES string of the molecule is Cc1ccccc1C(=O)[C@@H]1CCC[C@@H](C)C1. The standard InChI is InChI=1S/C15H20O/c1-11-6-5-8-13(10-11)15(16)14-9-4-3-7-12(14)2/h3-4,7,9,11,13H,5-6,8,10H2,1-2H3/t11-,13-/m1/s1. The fourth-order valence-electron chi connectivity index (χ4n) is 2.74. The first-order valence-corrected chi connectivity index (χ1v) is 6.28. The first kappa shape index (κ1) is 11.4. The fraction of sp³-hybridized carbons (Fsp3) is 0.533. The summed E-state index contributed by atoms with van der Waals surface area (Å²) in [6.07, 6.45) is 4.66. The zero-order valence-electron chi connectivity index (χ0n) is 10.2. The summed E-state index contributed by atoms with van der Waals surface area (Å²) < 4.78 is 0. The molecule has 86 valence electrons. The Balaban J connectivity index is 2.16. The Morgan fingerprint density at radius 1 is 1.25 bits per heavy atom. The second-order valence-corrected chi connectivity index (χ2v) is 5.15. The molecule has 1 aromatic carbocycles. The van der Waals surface area contributed by atoms with Crippen LogP contribution in [0.25, 0.3) is 0 Å². The molecule has 1 saturated carbocycles. The van der Waals surface area contributed by atoms with E-state index >= 15 is 0 Å². The molecule has 0 aromatic heterocycles. The van der Waals surface area contributed by atoms with E-state index in [1.807, 2.05) is 31.2 Å². The maximum atomic E-state index is 12.4. The average molecular weight is 216 g/mol. The number of hydrogen-bond acceptors (Lipinski definition) is 1. The summed E-state index contributed by atoms with van der Waals surface area (Å²) in [5, 5.41) is 0. The van der Waals surface area contributed by atoms with Crippen molar-refractivity contribution in [1.82, 2.24) is 0 Å². The first-order chi connectivity index (χ1) is 7.68. The van der Waals surface area contributed by atoms with Gasteiger partial charge in [-0.1, -0.05) is 44.0 Å². The quantitative estimate of drug-likeness (QED) is 0.683. The van der Waals surface area contributed by atoms with Crippen LogP contribution in [0.4, 0.5) is 0 Å². The lowest BCUT2D eigenvalue weighted by molar-refractivity contribution is 0.0867. The van der Waals surface area contributed by atoms with Crippen molar-refractivity contribution in [3.05, 3.63) is 35.4 Å². The van der Waals surface area contributed by atoms with Crippen molar-refractivity contribution in [2.45, 2.75) is 39.5 Å². The highest BCUT2D eigenvalue weighted by Crippen LogP contribution is 2.31. The molecule has 0 bridgehead atoms. The Kier molecular flexibility index (Phi) is 3.42. The summed E-state index contributed by atoms with van der Waals surface area (Å²) in [5.41, 5.74) is 2.05. The third kappa shape index (κ3) is 2.34. The Morgan fingerprint density at radius 3 is 2.69 bits per heavy atom. The van der Waals surface area contributed by atoms with E-state index in [2.05, 4.69) is 6.92 Å². The number of aryl methyl sites for hydroxylation is 1. The highest BCUT2D eigenvalue weighted by Gasteiger charge is 2.26. The van der Waals surface area contributed by atoms with E-state index in [1.54, 1.807) is 0 Å². The lowest BCUT2D eigenvalue weighted by Crippen LogP contribution is -2.22. The van der Waals surface area contributed by atoms with Gasteiger partial charge in [-0.25, -0.2) is 0 Å². The van der Waals surface area contributed by atoms with Gasteiger partial charge in [-0.2, -0.15) is 0 Å². The molecule has 0 unspecified atom stereocenters. The van der Waals surface area contributed by atoms with Gasteiger partial charge in [-0.05, 0) is 31.2 Å². The van der Waals surface area contributed by atoms with Crippen LogP contribution < -0.4 is 0 Å². The van der Waals surface area contributed by atoms with Crippen molar-refractivity contribution in [3.8, 4) is 0 Å². The first-order valence-electron chi connectivity index (χ1n) is 6.28. The van der Waals surface area contributed by atoms with Gasteiger partial charge >= 0.3 is 0 Å². The Labute approximate surface area is 97.9 Å². The average Bonchev–Trinajstić information content (AvgIpc) is 2.29. The summed E-state index contributed by atoms with van der Waals surface area (Å²) >= 11 is 0. The van der Waals surface area contributed by atoms with Gasteiger partial charge in [0.2, 0.25) is 0 Å². The molecule has 1 heteroatoms. The molecule has 1 aromatic rings. The van der Waals surface area contributed by atoms with Gasteiger partial charge in [-0.15, -0.1) is 0 Å². The van der Waals surface area contributed by atoms with Crippen LogP contribution in [-0.2, 0) is 0 Å². The summed E-state index contributed by atoms with van der Waals surface area (Å²) in [4.78, 5) is 12.4. The highest BCUT2D eigenvalue weighted by atomic mass is 16.1. The Bertz CT molecular complexity index is 381. The molecule has 16 heavy (non-hydrogen) atoms. The number of Topliss-reactive ketones (excluding diaryl/α,β-unsaturated/α-hetero) is 1. The van der Waals surface area contributed by atoms with E-state index in [9.17, 15) is 4.79 Å². The van der Waals surface area contributed by atoms with E-state index in [4.69, 9.17) is 0 Å². The second-order valence-electron chi connectivity index (χ2n) is 5.15. The molecule has 0 heterocycles. The van der Waals surface area contributed by atoms with E-state index in [0.717, 1.165) is 24.0 Å². The van der Waals surface area contributed by atoms with E-state index < -0.39 is 0 Å². The molecular formula is C15H20O. The summed E-state index contributed by atoms with van der Waals surface area (Å²) in [5.74, 6) is 1.35. The largest absolute Gasteiger partial charge is 0.294 e. The van der Waals surface area contributed by atoms with Crippen LogP contribution in [0.2, 0.25) is 0 Å². The molecular weight excluding hydrogens is 196 g/mol. The van der Waals surface area contributed by atoms with Crippen molar-refractivity contribution in [2.75, 3.05) is 0 Å². The van der Waals surface area contributed by atoms with E-state index in [1.165, 1.54) is 12.8 Å². The summed E-state index contributed by atoms with van der Waals surface area (Å²) in [6, 6.07) is 7.96.